The molecule has 0 bridgehead atoms. The van der Waals surface area contributed by atoms with Crippen LogP contribution in [0.2, 0.25) is 0 Å². The molecule has 1 saturated carbocycles. The van der Waals surface area contributed by atoms with E-state index in [1.807, 2.05) is 6.07 Å². The second-order valence-corrected chi connectivity index (χ2v) is 6.24. The highest BCUT2D eigenvalue weighted by Gasteiger charge is 2.41. The number of hydrogen-bond acceptors (Lipinski definition) is 2. The highest BCUT2D eigenvalue weighted by Crippen LogP contribution is 2.50. The number of benzene rings is 1. The van der Waals surface area contributed by atoms with Gasteiger partial charge in [-0.25, -0.2) is 4.39 Å². The maximum atomic E-state index is 13.4. The van der Waals surface area contributed by atoms with E-state index < -0.39 is 0 Å². The minimum absolute atomic E-state index is 0.207. The van der Waals surface area contributed by atoms with Gasteiger partial charge in [0.15, 0.2) is 0 Å². The van der Waals surface area contributed by atoms with Crippen LogP contribution in [0.25, 0.3) is 11.0 Å². The zero-order chi connectivity index (χ0) is 14.9. The number of hydrogen-bond donors (Lipinski definition) is 1. The summed E-state index contributed by atoms with van der Waals surface area (Å²) in [6.45, 7) is 5.32. The highest BCUT2D eigenvalue weighted by atomic mass is 19.1. The van der Waals surface area contributed by atoms with Crippen LogP contribution in [-0.2, 0) is 0 Å². The molecule has 1 aromatic carbocycles. The zero-order valence-corrected chi connectivity index (χ0v) is 12.9. The van der Waals surface area contributed by atoms with Crippen molar-refractivity contribution in [1.82, 2.24) is 5.32 Å². The maximum Gasteiger partial charge on any atom is 0.134 e. The molecule has 114 valence electrons. The third kappa shape index (κ3) is 2.59. The Bertz CT molecular complexity index is 613. The molecule has 0 saturated heterocycles. The summed E-state index contributed by atoms with van der Waals surface area (Å²) in [4.78, 5) is 0. The predicted octanol–water partition coefficient (Wildman–Crippen LogP) is 5.19. The average molecular weight is 289 g/mol. The lowest BCUT2D eigenvalue weighted by molar-refractivity contribution is 0.169. The molecule has 1 heterocycles. The molecule has 0 amide bonds. The maximum absolute atomic E-state index is 13.4. The van der Waals surface area contributed by atoms with E-state index in [0.717, 1.165) is 29.7 Å². The lowest BCUT2D eigenvalue weighted by atomic mass is 9.75. The van der Waals surface area contributed by atoms with E-state index in [4.69, 9.17) is 4.42 Å². The summed E-state index contributed by atoms with van der Waals surface area (Å²) in [5, 5.41) is 4.48. The Kier molecular flexibility index (Phi) is 4.03. The van der Waals surface area contributed by atoms with E-state index in [2.05, 4.69) is 19.2 Å². The van der Waals surface area contributed by atoms with E-state index in [1.165, 1.54) is 31.7 Å². The Morgan fingerprint density at radius 3 is 2.67 bits per heavy atom. The summed E-state index contributed by atoms with van der Waals surface area (Å²) in [7, 11) is 0. The van der Waals surface area contributed by atoms with Crippen LogP contribution >= 0.6 is 0 Å². The summed E-state index contributed by atoms with van der Waals surface area (Å²) in [5.41, 5.74) is 1.06. The van der Waals surface area contributed by atoms with E-state index in [1.54, 1.807) is 12.1 Å². The highest BCUT2D eigenvalue weighted by molar-refractivity contribution is 5.78. The van der Waals surface area contributed by atoms with Crippen molar-refractivity contribution < 1.29 is 8.81 Å². The van der Waals surface area contributed by atoms with E-state index in [-0.39, 0.29) is 17.3 Å². The SMILES string of the molecule is CCNC(c1cc2cc(F)ccc2o1)C1(CC)CCCC1. The van der Waals surface area contributed by atoms with Crippen molar-refractivity contribution in [2.45, 2.75) is 52.0 Å². The van der Waals surface area contributed by atoms with Crippen LogP contribution < -0.4 is 5.32 Å². The number of furan rings is 1. The molecule has 0 spiro atoms. The number of halogens is 1. The molecule has 0 aliphatic heterocycles. The summed E-state index contributed by atoms with van der Waals surface area (Å²) < 4.78 is 19.4. The van der Waals surface area contributed by atoms with E-state index in [0.29, 0.717) is 0 Å². The third-order valence-corrected chi connectivity index (χ3v) is 5.11. The number of rotatable bonds is 5. The van der Waals surface area contributed by atoms with Crippen LogP contribution in [0.4, 0.5) is 4.39 Å². The molecular formula is C18H24FNO. The largest absolute Gasteiger partial charge is 0.459 e. The average Bonchev–Trinajstić information content (AvgIpc) is 3.11. The van der Waals surface area contributed by atoms with Crippen molar-refractivity contribution in [3.8, 4) is 0 Å². The van der Waals surface area contributed by atoms with Gasteiger partial charge in [-0.2, -0.15) is 0 Å². The van der Waals surface area contributed by atoms with Crippen molar-refractivity contribution in [1.29, 1.82) is 0 Å². The Labute approximate surface area is 125 Å². The van der Waals surface area contributed by atoms with Crippen LogP contribution in [0, 0.1) is 11.2 Å². The minimum atomic E-state index is -0.207. The summed E-state index contributed by atoms with van der Waals surface area (Å²) in [6.07, 6.45) is 6.23. The molecule has 1 aliphatic rings. The Hall–Kier alpha value is -1.35. The van der Waals surface area contributed by atoms with Gasteiger partial charge in [-0.1, -0.05) is 26.7 Å². The molecule has 1 aliphatic carbocycles. The fraction of sp³-hybridized carbons (Fsp3) is 0.556. The number of fused-ring (bicyclic) bond motifs is 1. The van der Waals surface area contributed by atoms with Crippen LogP contribution in [0.15, 0.2) is 28.7 Å². The van der Waals surface area contributed by atoms with Gasteiger partial charge in [-0.05, 0) is 55.5 Å². The van der Waals surface area contributed by atoms with Crippen molar-refractivity contribution in [3.63, 3.8) is 0 Å². The Morgan fingerprint density at radius 2 is 2.00 bits per heavy atom. The molecule has 1 fully saturated rings. The first-order valence-electron chi connectivity index (χ1n) is 8.11. The van der Waals surface area contributed by atoms with Crippen LogP contribution in [0.5, 0.6) is 0 Å². The molecule has 1 unspecified atom stereocenters. The lowest BCUT2D eigenvalue weighted by Gasteiger charge is -2.36. The lowest BCUT2D eigenvalue weighted by Crippen LogP contribution is -2.35. The van der Waals surface area contributed by atoms with Gasteiger partial charge in [0, 0.05) is 5.39 Å². The molecule has 2 nitrogen and oxygen atoms in total. The molecular weight excluding hydrogens is 265 g/mol. The summed E-state index contributed by atoms with van der Waals surface area (Å²) in [5.74, 6) is 0.752. The molecule has 1 aromatic heterocycles. The van der Waals surface area contributed by atoms with Crippen LogP contribution in [-0.4, -0.2) is 6.54 Å². The van der Waals surface area contributed by atoms with Crippen molar-refractivity contribution in [2.75, 3.05) is 6.54 Å². The monoisotopic (exact) mass is 289 g/mol. The standard InChI is InChI=1S/C18H24FNO/c1-3-18(9-5-6-10-18)17(20-4-2)16-12-13-11-14(19)7-8-15(13)21-16/h7-8,11-12,17,20H,3-6,9-10H2,1-2H3. The molecule has 1 N–H and O–H groups in total. The van der Waals surface area contributed by atoms with Gasteiger partial charge < -0.3 is 9.73 Å². The molecule has 1 atom stereocenters. The second-order valence-electron chi connectivity index (χ2n) is 6.24. The van der Waals surface area contributed by atoms with Gasteiger partial charge in [0.25, 0.3) is 0 Å². The summed E-state index contributed by atoms with van der Waals surface area (Å²) >= 11 is 0. The molecule has 0 radical (unpaired) electrons. The topological polar surface area (TPSA) is 25.2 Å². The van der Waals surface area contributed by atoms with Gasteiger partial charge in [-0.15, -0.1) is 0 Å². The van der Waals surface area contributed by atoms with E-state index in [9.17, 15) is 4.39 Å². The fourth-order valence-corrected chi connectivity index (χ4v) is 3.93. The van der Waals surface area contributed by atoms with Gasteiger partial charge >= 0.3 is 0 Å². The fourth-order valence-electron chi connectivity index (χ4n) is 3.93. The third-order valence-electron chi connectivity index (χ3n) is 5.11. The van der Waals surface area contributed by atoms with Crippen LogP contribution in [0.3, 0.4) is 0 Å². The van der Waals surface area contributed by atoms with Gasteiger partial charge in [0.05, 0.1) is 6.04 Å². The van der Waals surface area contributed by atoms with Gasteiger partial charge in [-0.3, -0.25) is 0 Å². The molecule has 21 heavy (non-hydrogen) atoms. The van der Waals surface area contributed by atoms with Crippen LogP contribution in [0.1, 0.15) is 57.8 Å². The Balaban J connectivity index is 2.02. The molecule has 3 rings (SSSR count). The van der Waals surface area contributed by atoms with E-state index >= 15 is 0 Å². The normalized spacial score (nSPS) is 19.2. The first kappa shape index (κ1) is 14.6. The quantitative estimate of drug-likeness (QED) is 0.819. The first-order chi connectivity index (χ1) is 10.2. The van der Waals surface area contributed by atoms with Crippen molar-refractivity contribution >= 4 is 11.0 Å². The zero-order valence-electron chi connectivity index (χ0n) is 12.9. The van der Waals surface area contributed by atoms with Gasteiger partial charge in [0.2, 0.25) is 0 Å². The second kappa shape index (κ2) is 5.80. The molecule has 3 heteroatoms. The first-order valence-corrected chi connectivity index (χ1v) is 8.11. The van der Waals surface area contributed by atoms with Crippen molar-refractivity contribution in [3.05, 3.63) is 35.8 Å². The smallest absolute Gasteiger partial charge is 0.134 e. The Morgan fingerprint density at radius 1 is 1.24 bits per heavy atom. The van der Waals surface area contributed by atoms with Crippen molar-refractivity contribution in [2.24, 2.45) is 5.41 Å². The molecule has 2 aromatic rings. The minimum Gasteiger partial charge on any atom is -0.459 e. The summed E-state index contributed by atoms with van der Waals surface area (Å²) in [6, 6.07) is 6.98. The van der Waals surface area contributed by atoms with Gasteiger partial charge in [0.1, 0.15) is 17.2 Å². The predicted molar refractivity (Wildman–Crippen MR) is 83.8 cm³/mol. The number of nitrogens with one attached hydrogen (secondary N) is 1.